The number of H-pyrrole nitrogens is 1. The van der Waals surface area contributed by atoms with Gasteiger partial charge in [-0.15, -0.1) is 0 Å². The Kier molecular flexibility index (Phi) is 2.78. The molecule has 0 aliphatic carbocycles. The highest BCUT2D eigenvalue weighted by atomic mass is 16.1. The van der Waals surface area contributed by atoms with Crippen molar-refractivity contribution in [1.29, 1.82) is 0 Å². The molecule has 0 aliphatic heterocycles. The summed E-state index contributed by atoms with van der Waals surface area (Å²) in [5.74, 6) is 0.844. The Bertz CT molecular complexity index is 829. The molecule has 0 spiro atoms. The molecule has 6 heteroatoms. The number of nitrogens with two attached hydrogens (primary N) is 1. The smallest absolute Gasteiger partial charge is 0.280 e. The standard InChI is InChI=1S/C14H15N5O/c1-8-3-5-10(6-4-8)7-19-9(2)16-11-12(19)17-14(15)18-13(11)20/h3-6H,7H2,1-2H3,(H3,15,17,18,20). The second-order valence-electron chi connectivity index (χ2n) is 4.85. The monoisotopic (exact) mass is 269 g/mol. The number of nitrogen functional groups attached to an aromatic ring is 1. The number of imidazole rings is 1. The van der Waals surface area contributed by atoms with Crippen LogP contribution in [0.15, 0.2) is 29.1 Å². The first-order valence-corrected chi connectivity index (χ1v) is 6.33. The number of benzene rings is 1. The zero-order valence-corrected chi connectivity index (χ0v) is 11.3. The van der Waals surface area contributed by atoms with E-state index in [-0.39, 0.29) is 11.5 Å². The number of aryl methyl sites for hydroxylation is 2. The third kappa shape index (κ3) is 2.05. The quantitative estimate of drug-likeness (QED) is 0.735. The van der Waals surface area contributed by atoms with Crippen LogP contribution in [-0.4, -0.2) is 19.5 Å². The van der Waals surface area contributed by atoms with Gasteiger partial charge in [0.2, 0.25) is 5.95 Å². The zero-order chi connectivity index (χ0) is 14.3. The Morgan fingerprint density at radius 1 is 1.20 bits per heavy atom. The topological polar surface area (TPSA) is 89.6 Å². The third-order valence-corrected chi connectivity index (χ3v) is 3.28. The molecular formula is C14H15N5O. The van der Waals surface area contributed by atoms with E-state index in [0.717, 1.165) is 11.4 Å². The summed E-state index contributed by atoms with van der Waals surface area (Å²) in [5.41, 5.74) is 8.47. The predicted molar refractivity (Wildman–Crippen MR) is 77.6 cm³/mol. The maximum Gasteiger partial charge on any atom is 0.280 e. The number of rotatable bonds is 2. The van der Waals surface area contributed by atoms with Crippen LogP contribution in [0.25, 0.3) is 11.2 Å². The van der Waals surface area contributed by atoms with E-state index in [9.17, 15) is 4.79 Å². The fraction of sp³-hybridized carbons (Fsp3) is 0.214. The van der Waals surface area contributed by atoms with Gasteiger partial charge in [0.05, 0.1) is 6.54 Å². The van der Waals surface area contributed by atoms with Gasteiger partial charge in [-0.2, -0.15) is 4.98 Å². The molecule has 3 N–H and O–H groups in total. The van der Waals surface area contributed by atoms with E-state index in [2.05, 4.69) is 39.2 Å². The molecule has 6 nitrogen and oxygen atoms in total. The van der Waals surface area contributed by atoms with Crippen LogP contribution >= 0.6 is 0 Å². The third-order valence-electron chi connectivity index (χ3n) is 3.28. The van der Waals surface area contributed by atoms with Crippen molar-refractivity contribution in [1.82, 2.24) is 19.5 Å². The minimum absolute atomic E-state index is 0.104. The van der Waals surface area contributed by atoms with Gasteiger partial charge in [-0.1, -0.05) is 29.8 Å². The number of aromatic nitrogens is 4. The maximum atomic E-state index is 11.8. The highest BCUT2D eigenvalue weighted by Crippen LogP contribution is 2.14. The van der Waals surface area contributed by atoms with Crippen LogP contribution in [0, 0.1) is 13.8 Å². The molecule has 102 valence electrons. The molecule has 0 amide bonds. The van der Waals surface area contributed by atoms with Crippen LogP contribution in [-0.2, 0) is 6.54 Å². The number of hydrogen-bond donors (Lipinski definition) is 2. The van der Waals surface area contributed by atoms with Gasteiger partial charge in [0, 0.05) is 0 Å². The molecule has 2 aromatic heterocycles. The second kappa shape index (κ2) is 4.48. The number of fused-ring (bicyclic) bond motifs is 1. The number of hydrogen-bond acceptors (Lipinski definition) is 4. The Hall–Kier alpha value is -2.63. The summed E-state index contributed by atoms with van der Waals surface area (Å²) in [6.45, 7) is 4.51. The Morgan fingerprint density at radius 2 is 1.90 bits per heavy atom. The first-order chi connectivity index (χ1) is 9.54. The van der Waals surface area contributed by atoms with E-state index in [1.165, 1.54) is 5.56 Å². The van der Waals surface area contributed by atoms with Gasteiger partial charge >= 0.3 is 0 Å². The molecule has 0 saturated heterocycles. The van der Waals surface area contributed by atoms with Crippen LogP contribution in [0.3, 0.4) is 0 Å². The van der Waals surface area contributed by atoms with Gasteiger partial charge in [-0.25, -0.2) is 4.98 Å². The van der Waals surface area contributed by atoms with Gasteiger partial charge < -0.3 is 10.3 Å². The van der Waals surface area contributed by atoms with Crippen molar-refractivity contribution >= 4 is 17.1 Å². The van der Waals surface area contributed by atoms with Gasteiger partial charge in [0.15, 0.2) is 11.2 Å². The summed E-state index contributed by atoms with van der Waals surface area (Å²) in [4.78, 5) is 22.7. The van der Waals surface area contributed by atoms with Crippen molar-refractivity contribution in [3.8, 4) is 0 Å². The largest absolute Gasteiger partial charge is 0.369 e. The summed E-state index contributed by atoms with van der Waals surface area (Å²) >= 11 is 0. The van der Waals surface area contributed by atoms with E-state index in [4.69, 9.17) is 5.73 Å². The van der Waals surface area contributed by atoms with Crippen molar-refractivity contribution < 1.29 is 0 Å². The molecule has 0 saturated carbocycles. The molecule has 0 aliphatic rings. The molecule has 2 heterocycles. The average Bonchev–Trinajstić information content (AvgIpc) is 2.70. The lowest BCUT2D eigenvalue weighted by atomic mass is 10.1. The van der Waals surface area contributed by atoms with Crippen LogP contribution in [0.2, 0.25) is 0 Å². The predicted octanol–water partition coefficient (Wildman–Crippen LogP) is 1.37. The van der Waals surface area contributed by atoms with Crippen molar-refractivity contribution in [3.05, 3.63) is 51.6 Å². The molecule has 3 aromatic rings. The highest BCUT2D eigenvalue weighted by molar-refractivity contribution is 5.71. The fourth-order valence-corrected chi connectivity index (χ4v) is 2.20. The molecule has 1 aromatic carbocycles. The molecule has 0 unspecified atom stereocenters. The number of nitrogens with zero attached hydrogens (tertiary/aromatic N) is 3. The van der Waals surface area contributed by atoms with Crippen LogP contribution < -0.4 is 11.3 Å². The minimum atomic E-state index is -0.307. The Morgan fingerprint density at radius 3 is 2.60 bits per heavy atom. The van der Waals surface area contributed by atoms with E-state index < -0.39 is 0 Å². The van der Waals surface area contributed by atoms with E-state index >= 15 is 0 Å². The lowest BCUT2D eigenvalue weighted by Crippen LogP contribution is -2.12. The summed E-state index contributed by atoms with van der Waals surface area (Å²) < 4.78 is 1.89. The van der Waals surface area contributed by atoms with Gasteiger partial charge in [0.25, 0.3) is 5.56 Å². The number of aromatic amines is 1. The van der Waals surface area contributed by atoms with Crippen molar-refractivity contribution in [2.45, 2.75) is 20.4 Å². The van der Waals surface area contributed by atoms with E-state index in [0.29, 0.717) is 17.7 Å². The minimum Gasteiger partial charge on any atom is -0.369 e. The second-order valence-corrected chi connectivity index (χ2v) is 4.85. The SMILES string of the molecule is Cc1ccc(Cn2c(C)nc3c(=O)[nH]c(N)nc32)cc1. The lowest BCUT2D eigenvalue weighted by Gasteiger charge is -2.07. The van der Waals surface area contributed by atoms with E-state index in [1.54, 1.807) is 0 Å². The summed E-state index contributed by atoms with van der Waals surface area (Å²) in [6.07, 6.45) is 0. The van der Waals surface area contributed by atoms with Gasteiger partial charge in [0.1, 0.15) is 5.82 Å². The highest BCUT2D eigenvalue weighted by Gasteiger charge is 2.13. The van der Waals surface area contributed by atoms with Crippen LogP contribution in [0.1, 0.15) is 17.0 Å². The first kappa shape index (κ1) is 12.4. The maximum absolute atomic E-state index is 11.8. The molecule has 0 bridgehead atoms. The first-order valence-electron chi connectivity index (χ1n) is 6.33. The Labute approximate surface area is 115 Å². The van der Waals surface area contributed by atoms with Crippen molar-refractivity contribution in [2.24, 2.45) is 0 Å². The molecule has 0 atom stereocenters. The zero-order valence-electron chi connectivity index (χ0n) is 11.3. The normalized spacial score (nSPS) is 11.1. The number of anilines is 1. The average molecular weight is 269 g/mol. The van der Waals surface area contributed by atoms with Gasteiger partial charge in [-0.3, -0.25) is 9.78 Å². The van der Waals surface area contributed by atoms with Crippen molar-refractivity contribution in [2.75, 3.05) is 5.73 Å². The van der Waals surface area contributed by atoms with Gasteiger partial charge in [-0.05, 0) is 19.4 Å². The summed E-state index contributed by atoms with van der Waals surface area (Å²) in [5, 5.41) is 0. The van der Waals surface area contributed by atoms with Crippen LogP contribution in [0.4, 0.5) is 5.95 Å². The van der Waals surface area contributed by atoms with E-state index in [1.807, 2.05) is 18.4 Å². The molecule has 0 radical (unpaired) electrons. The summed E-state index contributed by atoms with van der Waals surface area (Å²) in [6, 6.07) is 8.21. The molecule has 20 heavy (non-hydrogen) atoms. The van der Waals surface area contributed by atoms with Crippen LogP contribution in [0.5, 0.6) is 0 Å². The molecule has 0 fully saturated rings. The van der Waals surface area contributed by atoms with Crippen molar-refractivity contribution in [3.63, 3.8) is 0 Å². The molecular weight excluding hydrogens is 254 g/mol. The molecule has 3 rings (SSSR count). The Balaban J connectivity index is 2.13. The fourth-order valence-electron chi connectivity index (χ4n) is 2.20. The number of nitrogens with one attached hydrogen (secondary N) is 1. The summed E-state index contributed by atoms with van der Waals surface area (Å²) in [7, 11) is 0. The lowest BCUT2D eigenvalue weighted by molar-refractivity contribution is 0.777.